The fourth-order valence-corrected chi connectivity index (χ4v) is 1.84. The summed E-state index contributed by atoms with van der Waals surface area (Å²) in [6, 6.07) is 3.86. The molecule has 0 aliphatic carbocycles. The third-order valence-electron chi connectivity index (χ3n) is 2.86. The van der Waals surface area contributed by atoms with Crippen LogP contribution in [0.2, 0.25) is 0 Å². The van der Waals surface area contributed by atoms with Crippen LogP contribution in [0.1, 0.15) is 23.0 Å². The number of benzene rings is 1. The lowest BCUT2D eigenvalue weighted by atomic mass is 10.2. The Balaban J connectivity index is 2.46. The summed E-state index contributed by atoms with van der Waals surface area (Å²) < 4.78 is 62.4. The third-order valence-corrected chi connectivity index (χ3v) is 2.86. The molecule has 0 spiro atoms. The van der Waals surface area contributed by atoms with Gasteiger partial charge in [-0.1, -0.05) is 0 Å². The van der Waals surface area contributed by atoms with Crippen LogP contribution in [0.15, 0.2) is 24.3 Å². The molecule has 5 nitrogen and oxygen atoms in total. The summed E-state index contributed by atoms with van der Waals surface area (Å²) in [5, 5.41) is 3.30. The molecular weight excluding hydrogens is 320 g/mol. The van der Waals surface area contributed by atoms with Gasteiger partial charge in [0.05, 0.1) is 19.3 Å². The second-order valence-electron chi connectivity index (χ2n) is 4.37. The van der Waals surface area contributed by atoms with E-state index in [0.717, 1.165) is 19.2 Å². The number of alkyl halides is 3. The van der Waals surface area contributed by atoms with Crippen molar-refractivity contribution in [2.75, 3.05) is 13.7 Å². The van der Waals surface area contributed by atoms with E-state index in [9.17, 15) is 22.4 Å². The number of rotatable bonds is 4. The largest absolute Gasteiger partial charge is 0.481 e. The Hall–Kier alpha value is -2.58. The van der Waals surface area contributed by atoms with E-state index >= 15 is 0 Å². The van der Waals surface area contributed by atoms with Crippen LogP contribution in [0.25, 0.3) is 5.69 Å². The highest BCUT2D eigenvalue weighted by Gasteiger charge is 2.35. The summed E-state index contributed by atoms with van der Waals surface area (Å²) >= 11 is 0. The molecule has 23 heavy (non-hydrogen) atoms. The van der Waals surface area contributed by atoms with E-state index in [-0.39, 0.29) is 23.7 Å². The van der Waals surface area contributed by atoms with Crippen molar-refractivity contribution in [2.24, 2.45) is 0 Å². The van der Waals surface area contributed by atoms with Gasteiger partial charge in [-0.2, -0.15) is 23.0 Å². The minimum Gasteiger partial charge on any atom is -0.481 e. The van der Waals surface area contributed by atoms with Gasteiger partial charge in [0, 0.05) is 6.07 Å². The predicted octanol–water partition coefficient (Wildman–Crippen LogP) is 3.22. The molecule has 0 radical (unpaired) electrons. The minimum atomic E-state index is -4.69. The number of hydrogen-bond donors (Lipinski definition) is 0. The number of halogens is 4. The molecule has 0 amide bonds. The summed E-state index contributed by atoms with van der Waals surface area (Å²) in [4.78, 5) is 11.5. The SMILES string of the molecule is CCOC(=O)c1ccc(-n2nc(C(F)(F)F)cc2OC)c(F)c1. The normalized spacial score (nSPS) is 11.4. The van der Waals surface area contributed by atoms with Crippen LogP contribution >= 0.6 is 0 Å². The Morgan fingerprint density at radius 2 is 2.00 bits per heavy atom. The average Bonchev–Trinajstić information content (AvgIpc) is 2.91. The van der Waals surface area contributed by atoms with Crippen molar-refractivity contribution in [3.05, 3.63) is 41.3 Å². The maximum absolute atomic E-state index is 14.2. The Morgan fingerprint density at radius 3 is 2.52 bits per heavy atom. The second kappa shape index (κ2) is 6.27. The maximum Gasteiger partial charge on any atom is 0.435 e. The predicted molar refractivity (Wildman–Crippen MR) is 71.0 cm³/mol. The molecule has 1 heterocycles. The van der Waals surface area contributed by atoms with Gasteiger partial charge in [0.1, 0.15) is 11.5 Å². The topological polar surface area (TPSA) is 53.4 Å². The van der Waals surface area contributed by atoms with Crippen molar-refractivity contribution in [2.45, 2.75) is 13.1 Å². The zero-order valence-electron chi connectivity index (χ0n) is 12.1. The zero-order valence-corrected chi connectivity index (χ0v) is 12.1. The van der Waals surface area contributed by atoms with Crippen LogP contribution in [0.3, 0.4) is 0 Å². The first-order valence-electron chi connectivity index (χ1n) is 6.46. The van der Waals surface area contributed by atoms with Crippen molar-refractivity contribution in [1.29, 1.82) is 0 Å². The summed E-state index contributed by atoms with van der Waals surface area (Å²) in [6.07, 6.45) is -4.69. The van der Waals surface area contributed by atoms with E-state index in [2.05, 4.69) is 5.10 Å². The molecule has 0 aliphatic rings. The monoisotopic (exact) mass is 332 g/mol. The lowest BCUT2D eigenvalue weighted by molar-refractivity contribution is -0.141. The second-order valence-corrected chi connectivity index (χ2v) is 4.37. The molecule has 1 aromatic carbocycles. The Labute approximate surface area is 128 Å². The van der Waals surface area contributed by atoms with Crippen LogP contribution in [0, 0.1) is 5.82 Å². The Bertz CT molecular complexity index is 725. The quantitative estimate of drug-likeness (QED) is 0.637. The van der Waals surface area contributed by atoms with Crippen LogP contribution in [-0.4, -0.2) is 29.5 Å². The van der Waals surface area contributed by atoms with Gasteiger partial charge in [-0.25, -0.2) is 9.18 Å². The number of carbonyl (C=O) groups is 1. The number of methoxy groups -OCH3 is 1. The molecule has 0 unspecified atom stereocenters. The van der Waals surface area contributed by atoms with E-state index in [1.807, 2.05) is 0 Å². The molecule has 0 atom stereocenters. The molecule has 124 valence electrons. The van der Waals surface area contributed by atoms with Crippen LogP contribution in [0.4, 0.5) is 17.6 Å². The highest BCUT2D eigenvalue weighted by atomic mass is 19.4. The summed E-state index contributed by atoms with van der Waals surface area (Å²) in [5.41, 5.74) is -1.57. The number of ether oxygens (including phenoxy) is 2. The van der Waals surface area contributed by atoms with Crippen molar-refractivity contribution in [3.8, 4) is 11.6 Å². The van der Waals surface area contributed by atoms with Gasteiger partial charge in [0.25, 0.3) is 0 Å². The first-order valence-corrected chi connectivity index (χ1v) is 6.46. The summed E-state index contributed by atoms with van der Waals surface area (Å²) in [6.45, 7) is 1.71. The van der Waals surface area contributed by atoms with Crippen LogP contribution in [-0.2, 0) is 10.9 Å². The number of nitrogens with zero attached hydrogens (tertiary/aromatic N) is 2. The Morgan fingerprint density at radius 1 is 1.30 bits per heavy atom. The highest BCUT2D eigenvalue weighted by molar-refractivity contribution is 5.89. The van der Waals surface area contributed by atoms with E-state index < -0.39 is 23.7 Å². The van der Waals surface area contributed by atoms with Gasteiger partial charge >= 0.3 is 12.1 Å². The van der Waals surface area contributed by atoms with E-state index in [0.29, 0.717) is 10.7 Å². The third kappa shape index (κ3) is 3.43. The van der Waals surface area contributed by atoms with E-state index in [1.165, 1.54) is 6.07 Å². The highest BCUT2D eigenvalue weighted by Crippen LogP contribution is 2.32. The standard InChI is InChI=1S/C14H12F4N2O3/c1-3-23-13(21)8-4-5-10(9(15)6-8)20-12(22-2)7-11(19-20)14(16,17)18/h4-7H,3H2,1-2H3. The number of esters is 1. The molecule has 2 aromatic rings. The molecule has 0 saturated carbocycles. The van der Waals surface area contributed by atoms with Gasteiger partial charge in [0.15, 0.2) is 5.69 Å². The first kappa shape index (κ1) is 16.8. The molecule has 0 saturated heterocycles. The molecule has 0 bridgehead atoms. The zero-order chi connectivity index (χ0) is 17.2. The molecular formula is C14H12F4N2O3. The van der Waals surface area contributed by atoms with Gasteiger partial charge in [-0.15, -0.1) is 0 Å². The van der Waals surface area contributed by atoms with Crippen molar-refractivity contribution < 1.29 is 31.8 Å². The summed E-state index contributed by atoms with van der Waals surface area (Å²) in [7, 11) is 1.14. The number of carbonyl (C=O) groups excluding carboxylic acids is 1. The van der Waals surface area contributed by atoms with Gasteiger partial charge in [-0.05, 0) is 25.1 Å². The van der Waals surface area contributed by atoms with Gasteiger partial charge in [-0.3, -0.25) is 0 Å². The van der Waals surface area contributed by atoms with E-state index in [4.69, 9.17) is 9.47 Å². The van der Waals surface area contributed by atoms with Crippen molar-refractivity contribution in [3.63, 3.8) is 0 Å². The lowest BCUT2D eigenvalue weighted by Crippen LogP contribution is -2.09. The fourth-order valence-electron chi connectivity index (χ4n) is 1.84. The molecule has 0 N–H and O–H groups in total. The summed E-state index contributed by atoms with van der Waals surface area (Å²) in [5.74, 6) is -1.97. The number of hydrogen-bond acceptors (Lipinski definition) is 4. The van der Waals surface area contributed by atoms with E-state index in [1.54, 1.807) is 6.92 Å². The molecule has 2 rings (SSSR count). The lowest BCUT2D eigenvalue weighted by Gasteiger charge is -2.08. The van der Waals surface area contributed by atoms with Crippen molar-refractivity contribution in [1.82, 2.24) is 9.78 Å². The molecule has 0 fully saturated rings. The smallest absolute Gasteiger partial charge is 0.435 e. The maximum atomic E-state index is 14.2. The van der Waals surface area contributed by atoms with Gasteiger partial charge in [0.2, 0.25) is 5.88 Å². The molecule has 1 aromatic heterocycles. The Kier molecular flexibility index (Phi) is 4.57. The van der Waals surface area contributed by atoms with Crippen LogP contribution < -0.4 is 4.74 Å². The minimum absolute atomic E-state index is 0.0599. The van der Waals surface area contributed by atoms with Gasteiger partial charge < -0.3 is 9.47 Å². The van der Waals surface area contributed by atoms with Crippen LogP contribution in [0.5, 0.6) is 5.88 Å². The molecule has 0 aliphatic heterocycles. The first-order chi connectivity index (χ1) is 10.8. The average molecular weight is 332 g/mol. The number of aromatic nitrogens is 2. The van der Waals surface area contributed by atoms with Crippen molar-refractivity contribution >= 4 is 5.97 Å². The molecule has 9 heteroatoms. The fraction of sp³-hybridized carbons (Fsp3) is 0.286.